The molecule has 0 spiro atoms. The summed E-state index contributed by atoms with van der Waals surface area (Å²) in [7, 11) is 3.05. The maximum atomic E-state index is 12.6. The van der Waals surface area contributed by atoms with Gasteiger partial charge in [0.05, 0.1) is 19.9 Å². The molecule has 0 saturated heterocycles. The summed E-state index contributed by atoms with van der Waals surface area (Å²) in [5.41, 5.74) is 0.883. The van der Waals surface area contributed by atoms with Crippen molar-refractivity contribution in [2.75, 3.05) is 19.5 Å². The van der Waals surface area contributed by atoms with E-state index in [9.17, 15) is 4.79 Å². The zero-order valence-electron chi connectivity index (χ0n) is 13.6. The highest BCUT2D eigenvalue weighted by molar-refractivity contribution is 9.10. The molecule has 0 aliphatic heterocycles. The van der Waals surface area contributed by atoms with Crippen LogP contribution in [0.1, 0.15) is 10.4 Å². The number of anilines is 1. The molecule has 0 aliphatic rings. The highest BCUT2D eigenvalue weighted by Gasteiger charge is 2.15. The Bertz CT molecular complexity index is 1010. The fourth-order valence-electron chi connectivity index (χ4n) is 2.38. The van der Waals surface area contributed by atoms with Gasteiger partial charge < -0.3 is 19.2 Å². The third-order valence-corrected chi connectivity index (χ3v) is 4.12. The highest BCUT2D eigenvalue weighted by Crippen LogP contribution is 2.29. The third kappa shape index (κ3) is 3.51. The Morgan fingerprint density at radius 3 is 2.64 bits per heavy atom. The van der Waals surface area contributed by atoms with Crippen LogP contribution < -0.4 is 20.3 Å². The maximum absolute atomic E-state index is 12.6. The monoisotopic (exact) mass is 402 g/mol. The van der Waals surface area contributed by atoms with Gasteiger partial charge in [-0.2, -0.15) is 0 Å². The van der Waals surface area contributed by atoms with Gasteiger partial charge in [0.15, 0.2) is 0 Å². The van der Waals surface area contributed by atoms with Crippen molar-refractivity contribution in [3.05, 3.63) is 58.1 Å². The Balaban J connectivity index is 2.00. The molecular weight excluding hydrogens is 388 g/mol. The molecule has 0 saturated carbocycles. The van der Waals surface area contributed by atoms with E-state index in [-0.39, 0.29) is 11.1 Å². The van der Waals surface area contributed by atoms with Crippen LogP contribution in [0, 0.1) is 5.41 Å². The van der Waals surface area contributed by atoms with E-state index in [1.165, 1.54) is 14.2 Å². The van der Waals surface area contributed by atoms with Crippen molar-refractivity contribution in [1.29, 1.82) is 5.41 Å². The van der Waals surface area contributed by atoms with E-state index >= 15 is 0 Å². The molecule has 0 atom stereocenters. The van der Waals surface area contributed by atoms with Gasteiger partial charge in [0.2, 0.25) is 5.55 Å². The summed E-state index contributed by atoms with van der Waals surface area (Å²) >= 11 is 3.38. The second-order valence-corrected chi connectivity index (χ2v) is 6.11. The van der Waals surface area contributed by atoms with E-state index < -0.39 is 5.91 Å². The first-order valence-electron chi connectivity index (χ1n) is 7.33. The summed E-state index contributed by atoms with van der Waals surface area (Å²) in [6.07, 6.45) is 0. The van der Waals surface area contributed by atoms with E-state index in [1.54, 1.807) is 30.3 Å². The Morgan fingerprint density at radius 1 is 1.12 bits per heavy atom. The van der Waals surface area contributed by atoms with Gasteiger partial charge in [0.25, 0.3) is 5.91 Å². The molecular formula is C18H15BrN2O4. The van der Waals surface area contributed by atoms with Crippen LogP contribution in [0.2, 0.25) is 0 Å². The van der Waals surface area contributed by atoms with Crippen LogP contribution in [0.15, 0.2) is 51.4 Å². The second-order valence-electron chi connectivity index (χ2n) is 5.19. The number of carbonyl (C=O) groups excluding carboxylic acids is 1. The summed E-state index contributed by atoms with van der Waals surface area (Å²) in [6, 6.07) is 12.1. The number of hydrogen-bond acceptors (Lipinski definition) is 5. The van der Waals surface area contributed by atoms with Gasteiger partial charge in [0.1, 0.15) is 22.6 Å². The fourth-order valence-corrected chi connectivity index (χ4v) is 2.76. The van der Waals surface area contributed by atoms with E-state index in [2.05, 4.69) is 21.2 Å². The molecule has 128 valence electrons. The Morgan fingerprint density at radius 2 is 1.92 bits per heavy atom. The van der Waals surface area contributed by atoms with Crippen molar-refractivity contribution in [1.82, 2.24) is 0 Å². The molecule has 2 N–H and O–H groups in total. The number of hydrogen-bond donors (Lipinski definition) is 2. The Kier molecular flexibility index (Phi) is 4.76. The zero-order valence-corrected chi connectivity index (χ0v) is 15.1. The molecule has 0 bridgehead atoms. The molecule has 3 aromatic rings. The number of nitrogens with one attached hydrogen (secondary N) is 2. The van der Waals surface area contributed by atoms with Gasteiger partial charge in [0, 0.05) is 15.9 Å². The van der Waals surface area contributed by atoms with Crippen LogP contribution >= 0.6 is 15.9 Å². The number of carbonyl (C=O) groups is 1. The maximum Gasteiger partial charge on any atom is 0.261 e. The van der Waals surface area contributed by atoms with Crippen molar-refractivity contribution in [3.8, 4) is 11.5 Å². The molecule has 0 unspecified atom stereocenters. The minimum absolute atomic E-state index is 0.121. The van der Waals surface area contributed by atoms with Crippen LogP contribution in [-0.4, -0.2) is 20.1 Å². The molecule has 25 heavy (non-hydrogen) atoms. The highest BCUT2D eigenvalue weighted by atomic mass is 79.9. The van der Waals surface area contributed by atoms with Gasteiger partial charge in [-0.25, -0.2) is 0 Å². The van der Waals surface area contributed by atoms with Gasteiger partial charge in [-0.05, 0) is 36.4 Å². The number of benzene rings is 2. The van der Waals surface area contributed by atoms with Crippen LogP contribution in [0.3, 0.4) is 0 Å². The minimum Gasteiger partial charge on any atom is -0.497 e. The van der Waals surface area contributed by atoms with Crippen molar-refractivity contribution < 1.29 is 18.7 Å². The normalized spacial score (nSPS) is 10.5. The van der Waals surface area contributed by atoms with Gasteiger partial charge in [-0.3, -0.25) is 10.2 Å². The van der Waals surface area contributed by atoms with Crippen molar-refractivity contribution >= 4 is 38.5 Å². The van der Waals surface area contributed by atoms with Gasteiger partial charge in [-0.1, -0.05) is 15.9 Å². The summed E-state index contributed by atoms with van der Waals surface area (Å²) in [5.74, 6) is 0.595. The molecule has 7 heteroatoms. The van der Waals surface area contributed by atoms with Crippen LogP contribution in [0.5, 0.6) is 11.5 Å². The first-order valence-corrected chi connectivity index (χ1v) is 8.12. The average Bonchev–Trinajstić information content (AvgIpc) is 2.61. The van der Waals surface area contributed by atoms with Crippen molar-refractivity contribution in [3.63, 3.8) is 0 Å². The Hall–Kier alpha value is -2.80. The number of fused-ring (bicyclic) bond motifs is 1. The lowest BCUT2D eigenvalue weighted by Gasteiger charge is -2.12. The van der Waals surface area contributed by atoms with Gasteiger partial charge in [-0.15, -0.1) is 0 Å². The minimum atomic E-state index is -0.470. The average molecular weight is 403 g/mol. The molecule has 1 aromatic heterocycles. The van der Waals surface area contributed by atoms with Crippen LogP contribution in [0.25, 0.3) is 11.0 Å². The lowest BCUT2D eigenvalue weighted by Crippen LogP contribution is -2.21. The number of rotatable bonds is 4. The molecule has 2 aromatic carbocycles. The molecule has 0 fully saturated rings. The molecule has 0 aliphatic carbocycles. The number of amides is 1. The predicted octanol–water partition coefficient (Wildman–Crippen LogP) is 3.94. The smallest absolute Gasteiger partial charge is 0.261 e. The molecule has 3 rings (SSSR count). The Labute approximate surface area is 152 Å². The summed E-state index contributed by atoms with van der Waals surface area (Å²) in [5, 5.41) is 11.4. The summed E-state index contributed by atoms with van der Waals surface area (Å²) in [4.78, 5) is 12.6. The van der Waals surface area contributed by atoms with Crippen molar-refractivity contribution in [2.24, 2.45) is 0 Å². The predicted molar refractivity (Wildman–Crippen MR) is 97.3 cm³/mol. The number of methoxy groups -OCH3 is 2. The fraction of sp³-hybridized carbons (Fsp3) is 0.111. The molecule has 0 radical (unpaired) electrons. The second kappa shape index (κ2) is 6.98. The van der Waals surface area contributed by atoms with Crippen LogP contribution in [-0.2, 0) is 0 Å². The van der Waals surface area contributed by atoms with E-state index in [0.717, 1.165) is 4.47 Å². The first-order chi connectivity index (χ1) is 12.0. The van der Waals surface area contributed by atoms with E-state index in [0.29, 0.717) is 28.2 Å². The van der Waals surface area contributed by atoms with Crippen LogP contribution in [0.4, 0.5) is 5.69 Å². The van der Waals surface area contributed by atoms with Gasteiger partial charge >= 0.3 is 0 Å². The molecule has 6 nitrogen and oxygen atoms in total. The summed E-state index contributed by atoms with van der Waals surface area (Å²) in [6.45, 7) is 0. The van der Waals surface area contributed by atoms with Crippen molar-refractivity contribution in [2.45, 2.75) is 0 Å². The SMILES string of the molecule is COc1ccc(OC)c(NC(=O)c2cc3cc(Br)ccc3oc2=N)c1. The third-order valence-electron chi connectivity index (χ3n) is 3.63. The lowest BCUT2D eigenvalue weighted by atomic mass is 10.1. The van der Waals surface area contributed by atoms with E-state index in [4.69, 9.17) is 19.3 Å². The largest absolute Gasteiger partial charge is 0.497 e. The first kappa shape index (κ1) is 17.0. The lowest BCUT2D eigenvalue weighted by molar-refractivity contribution is 0.102. The molecule has 1 amide bonds. The number of halogens is 1. The molecule has 1 heterocycles. The number of ether oxygens (including phenoxy) is 2. The standard InChI is InChI=1S/C18H15BrN2O4/c1-23-12-4-6-16(24-2)14(9-12)21-18(22)13-8-10-7-11(19)3-5-15(10)25-17(13)20/h3-9,20H,1-2H3,(H,21,22). The van der Waals surface area contributed by atoms with E-state index in [1.807, 2.05) is 12.1 Å². The summed E-state index contributed by atoms with van der Waals surface area (Å²) < 4.78 is 16.7. The topological polar surface area (TPSA) is 84.6 Å². The quantitative estimate of drug-likeness (QED) is 0.691. The zero-order chi connectivity index (χ0) is 18.0.